The van der Waals surface area contributed by atoms with Crippen LogP contribution in [0, 0.1) is 11.8 Å². The molecule has 0 radical (unpaired) electrons. The average Bonchev–Trinajstić information content (AvgIpc) is 3.02. The third-order valence-corrected chi connectivity index (χ3v) is 5.50. The number of allylic oxidation sites excluding steroid dienone is 2. The zero-order valence-corrected chi connectivity index (χ0v) is 15.8. The number of carbonyl (C=O) groups is 1. The lowest BCUT2D eigenvalue weighted by atomic mass is 9.86. The number of amides is 1. The number of nitrogens with zero attached hydrogens (tertiary/aromatic N) is 1. The van der Waals surface area contributed by atoms with Gasteiger partial charge in [0.15, 0.2) is 0 Å². The van der Waals surface area contributed by atoms with Crippen molar-refractivity contribution in [3.63, 3.8) is 0 Å². The average molecular weight is 341 g/mol. The summed E-state index contributed by atoms with van der Waals surface area (Å²) >= 11 is 0. The number of fused-ring (bicyclic) bond motifs is 1. The maximum Gasteiger partial charge on any atom is 0.222 e. The quantitative estimate of drug-likeness (QED) is 0.580. The van der Waals surface area contributed by atoms with Crippen molar-refractivity contribution in [3.8, 4) is 5.75 Å². The molecule has 1 aliphatic heterocycles. The first-order chi connectivity index (χ1) is 11.9. The van der Waals surface area contributed by atoms with Crippen molar-refractivity contribution in [1.82, 2.24) is 4.90 Å². The van der Waals surface area contributed by atoms with Gasteiger partial charge in [0.25, 0.3) is 0 Å². The van der Waals surface area contributed by atoms with E-state index in [-0.39, 0.29) is 5.41 Å². The summed E-state index contributed by atoms with van der Waals surface area (Å²) in [5.74, 6) is 2.55. The molecule has 2 atom stereocenters. The van der Waals surface area contributed by atoms with Crippen LogP contribution in [0.4, 0.5) is 0 Å². The Bertz CT molecular complexity index is 596. The van der Waals surface area contributed by atoms with Crippen molar-refractivity contribution in [2.75, 3.05) is 19.7 Å². The third-order valence-electron chi connectivity index (χ3n) is 5.50. The number of likely N-dealkylation sites (tertiary alicyclic amines) is 1. The number of ether oxygens (including phenoxy) is 1. The molecule has 0 aromatic heterocycles. The molecule has 3 nitrogen and oxygen atoms in total. The molecule has 3 heteroatoms. The maximum atomic E-state index is 12.4. The molecule has 1 aromatic carbocycles. The lowest BCUT2D eigenvalue weighted by Gasteiger charge is -2.19. The Morgan fingerprint density at radius 1 is 1.08 bits per heavy atom. The van der Waals surface area contributed by atoms with Gasteiger partial charge in [0.2, 0.25) is 5.91 Å². The topological polar surface area (TPSA) is 29.5 Å². The highest BCUT2D eigenvalue weighted by Gasteiger charge is 2.34. The van der Waals surface area contributed by atoms with Crippen LogP contribution in [0.15, 0.2) is 36.4 Å². The van der Waals surface area contributed by atoms with Crippen LogP contribution in [-0.2, 0) is 10.2 Å². The highest BCUT2D eigenvalue weighted by Crippen LogP contribution is 2.33. The first-order valence-electron chi connectivity index (χ1n) is 9.59. The van der Waals surface area contributed by atoms with Crippen molar-refractivity contribution >= 4 is 5.91 Å². The first-order valence-corrected chi connectivity index (χ1v) is 9.59. The second-order valence-corrected chi connectivity index (χ2v) is 8.49. The summed E-state index contributed by atoms with van der Waals surface area (Å²) in [4.78, 5) is 14.5. The summed E-state index contributed by atoms with van der Waals surface area (Å²) in [7, 11) is 0. The zero-order chi connectivity index (χ0) is 17.9. The van der Waals surface area contributed by atoms with E-state index >= 15 is 0 Å². The fourth-order valence-electron chi connectivity index (χ4n) is 3.84. The minimum Gasteiger partial charge on any atom is -0.494 e. The van der Waals surface area contributed by atoms with Gasteiger partial charge < -0.3 is 9.64 Å². The normalized spacial score (nSPS) is 22.8. The Hall–Kier alpha value is -1.77. The van der Waals surface area contributed by atoms with Gasteiger partial charge >= 0.3 is 0 Å². The molecule has 1 aliphatic carbocycles. The molecule has 1 saturated heterocycles. The fraction of sp³-hybridized carbons (Fsp3) is 0.591. The summed E-state index contributed by atoms with van der Waals surface area (Å²) in [6.45, 7) is 9.12. The smallest absolute Gasteiger partial charge is 0.222 e. The van der Waals surface area contributed by atoms with E-state index < -0.39 is 0 Å². The molecule has 136 valence electrons. The van der Waals surface area contributed by atoms with E-state index in [0.29, 0.717) is 30.8 Å². The van der Waals surface area contributed by atoms with Crippen LogP contribution in [0.5, 0.6) is 5.75 Å². The molecule has 2 aliphatic rings. The molecule has 2 unspecified atom stereocenters. The van der Waals surface area contributed by atoms with Crippen LogP contribution in [0.1, 0.15) is 52.0 Å². The Kier molecular flexibility index (Phi) is 5.51. The van der Waals surface area contributed by atoms with Gasteiger partial charge in [-0.15, -0.1) is 0 Å². The monoisotopic (exact) mass is 341 g/mol. The lowest BCUT2D eigenvalue weighted by molar-refractivity contribution is -0.130. The standard InChI is InChI=1S/C22H31NO2/c1-22(2,3)19-10-12-20(13-11-19)25-14-6-9-21(24)23-15-17-7-4-5-8-18(17)16-23/h4-5,10-13,17-18H,6-9,14-16H2,1-3H3. The van der Waals surface area contributed by atoms with Crippen LogP contribution >= 0.6 is 0 Å². The SMILES string of the molecule is CC(C)(C)c1ccc(OCCCC(=O)N2CC3CC=CCC3C2)cc1. The number of rotatable bonds is 5. The molecule has 1 fully saturated rings. The van der Waals surface area contributed by atoms with E-state index in [9.17, 15) is 4.79 Å². The van der Waals surface area contributed by atoms with E-state index in [1.807, 2.05) is 12.1 Å². The van der Waals surface area contributed by atoms with Crippen LogP contribution in [0.25, 0.3) is 0 Å². The maximum absolute atomic E-state index is 12.4. The highest BCUT2D eigenvalue weighted by molar-refractivity contribution is 5.76. The van der Waals surface area contributed by atoms with E-state index in [4.69, 9.17) is 4.74 Å². The Labute approximate surface area is 152 Å². The van der Waals surface area contributed by atoms with Gasteiger partial charge in [-0.25, -0.2) is 0 Å². The fourth-order valence-corrected chi connectivity index (χ4v) is 3.84. The van der Waals surface area contributed by atoms with Crippen molar-refractivity contribution in [2.24, 2.45) is 11.8 Å². The Morgan fingerprint density at radius 3 is 2.24 bits per heavy atom. The molecule has 1 amide bonds. The Balaban J connectivity index is 1.38. The second-order valence-electron chi connectivity index (χ2n) is 8.49. The summed E-state index contributed by atoms with van der Waals surface area (Å²) in [6, 6.07) is 8.31. The largest absolute Gasteiger partial charge is 0.494 e. The summed E-state index contributed by atoms with van der Waals surface area (Å²) in [6.07, 6.45) is 8.20. The number of hydrogen-bond acceptors (Lipinski definition) is 2. The van der Waals surface area contributed by atoms with Gasteiger partial charge in [-0.2, -0.15) is 0 Å². The predicted octanol–water partition coefficient (Wildman–Crippen LogP) is 4.57. The summed E-state index contributed by atoms with van der Waals surface area (Å²) in [5, 5.41) is 0. The number of hydrogen-bond donors (Lipinski definition) is 0. The molecule has 0 spiro atoms. The van der Waals surface area contributed by atoms with Crippen LogP contribution < -0.4 is 4.74 Å². The number of carbonyl (C=O) groups excluding carboxylic acids is 1. The van der Waals surface area contributed by atoms with Crippen molar-refractivity contribution in [1.29, 1.82) is 0 Å². The number of benzene rings is 1. The molecule has 3 rings (SSSR count). The van der Waals surface area contributed by atoms with Gasteiger partial charge in [-0.3, -0.25) is 4.79 Å². The van der Waals surface area contributed by atoms with Gasteiger partial charge in [-0.05, 0) is 54.2 Å². The Morgan fingerprint density at radius 2 is 1.68 bits per heavy atom. The first kappa shape index (κ1) is 18.0. The highest BCUT2D eigenvalue weighted by atomic mass is 16.5. The molecule has 0 bridgehead atoms. The van der Waals surface area contributed by atoms with Crippen molar-refractivity contribution in [3.05, 3.63) is 42.0 Å². The van der Waals surface area contributed by atoms with Crippen LogP contribution in [0.2, 0.25) is 0 Å². The minimum atomic E-state index is 0.160. The molecule has 1 heterocycles. The summed E-state index contributed by atoms with van der Waals surface area (Å²) in [5.41, 5.74) is 1.47. The van der Waals surface area contributed by atoms with Crippen LogP contribution in [-0.4, -0.2) is 30.5 Å². The molecule has 0 saturated carbocycles. The molecular formula is C22H31NO2. The molecule has 25 heavy (non-hydrogen) atoms. The van der Waals surface area contributed by atoms with Gasteiger partial charge in [0, 0.05) is 19.5 Å². The second kappa shape index (κ2) is 7.63. The summed E-state index contributed by atoms with van der Waals surface area (Å²) < 4.78 is 5.80. The molecular weight excluding hydrogens is 310 g/mol. The van der Waals surface area contributed by atoms with Crippen LogP contribution in [0.3, 0.4) is 0 Å². The molecule has 0 N–H and O–H groups in total. The zero-order valence-electron chi connectivity index (χ0n) is 15.8. The van der Waals surface area contributed by atoms with Gasteiger partial charge in [0.05, 0.1) is 6.61 Å². The van der Waals surface area contributed by atoms with E-state index in [2.05, 4.69) is 50.0 Å². The van der Waals surface area contributed by atoms with Crippen molar-refractivity contribution in [2.45, 2.75) is 51.9 Å². The minimum absolute atomic E-state index is 0.160. The van der Waals surface area contributed by atoms with Crippen molar-refractivity contribution < 1.29 is 9.53 Å². The van der Waals surface area contributed by atoms with E-state index in [0.717, 1.165) is 38.1 Å². The van der Waals surface area contributed by atoms with Gasteiger partial charge in [-0.1, -0.05) is 45.1 Å². The third kappa shape index (κ3) is 4.65. The van der Waals surface area contributed by atoms with Gasteiger partial charge in [0.1, 0.15) is 5.75 Å². The van der Waals surface area contributed by atoms with E-state index in [1.165, 1.54) is 5.56 Å². The van der Waals surface area contributed by atoms with E-state index in [1.54, 1.807) is 0 Å². The lowest BCUT2D eigenvalue weighted by Crippen LogP contribution is -2.29. The molecule has 1 aromatic rings. The predicted molar refractivity (Wildman–Crippen MR) is 102 cm³/mol.